The summed E-state index contributed by atoms with van der Waals surface area (Å²) in [6, 6.07) is 4.51. The Bertz CT molecular complexity index is 584. The molecular weight excluding hydrogens is 280 g/mol. The second-order valence-corrected chi connectivity index (χ2v) is 6.43. The van der Waals surface area contributed by atoms with Crippen molar-refractivity contribution in [2.45, 2.75) is 19.8 Å². The summed E-state index contributed by atoms with van der Waals surface area (Å²) in [7, 11) is -1.60. The number of sulfonamides is 1. The van der Waals surface area contributed by atoms with Crippen molar-refractivity contribution in [1.82, 2.24) is 0 Å². The first-order valence-corrected chi connectivity index (χ1v) is 8.20. The molecule has 2 N–H and O–H groups in total. The van der Waals surface area contributed by atoms with Crippen molar-refractivity contribution in [2.24, 2.45) is 0 Å². The molecule has 0 aliphatic heterocycles. The summed E-state index contributed by atoms with van der Waals surface area (Å²) >= 11 is 0. The van der Waals surface area contributed by atoms with Crippen LogP contribution in [0.2, 0.25) is 0 Å². The molecule has 112 valence electrons. The summed E-state index contributed by atoms with van der Waals surface area (Å²) in [5, 5.41) is 9.26. The molecule has 1 aromatic rings. The maximum atomic E-state index is 11.3. The Balaban J connectivity index is 3.11. The van der Waals surface area contributed by atoms with Crippen LogP contribution in [0.25, 0.3) is 0 Å². The number of carboxylic acid groups (broad SMARTS) is 1. The molecule has 0 fully saturated rings. The maximum Gasteiger partial charge on any atom is 0.337 e. The monoisotopic (exact) mass is 300 g/mol. The third kappa shape index (κ3) is 4.73. The van der Waals surface area contributed by atoms with Gasteiger partial charge in [0.1, 0.15) is 0 Å². The summed E-state index contributed by atoms with van der Waals surface area (Å²) in [6.45, 7) is 2.81. The lowest BCUT2D eigenvalue weighted by Crippen LogP contribution is -2.21. The van der Waals surface area contributed by atoms with Gasteiger partial charge in [-0.05, 0) is 24.6 Å². The second kappa shape index (κ2) is 6.60. The number of anilines is 2. The molecule has 0 bridgehead atoms. The van der Waals surface area contributed by atoms with Gasteiger partial charge in [-0.1, -0.05) is 13.3 Å². The molecule has 0 heterocycles. The van der Waals surface area contributed by atoms with Gasteiger partial charge in [0.25, 0.3) is 0 Å². The fourth-order valence-electron chi connectivity index (χ4n) is 1.83. The van der Waals surface area contributed by atoms with Crippen LogP contribution in [0.5, 0.6) is 0 Å². The Morgan fingerprint density at radius 2 is 2.05 bits per heavy atom. The summed E-state index contributed by atoms with van der Waals surface area (Å²) in [6.07, 6.45) is 2.99. The van der Waals surface area contributed by atoms with E-state index in [1.54, 1.807) is 12.1 Å². The van der Waals surface area contributed by atoms with Gasteiger partial charge < -0.3 is 10.0 Å². The third-order valence-electron chi connectivity index (χ3n) is 2.79. The van der Waals surface area contributed by atoms with E-state index in [1.807, 2.05) is 11.9 Å². The van der Waals surface area contributed by atoms with Crippen LogP contribution in [0.1, 0.15) is 30.1 Å². The molecule has 0 radical (unpaired) electrons. The van der Waals surface area contributed by atoms with Crippen molar-refractivity contribution < 1.29 is 18.3 Å². The molecule has 20 heavy (non-hydrogen) atoms. The van der Waals surface area contributed by atoms with E-state index in [2.05, 4.69) is 11.6 Å². The van der Waals surface area contributed by atoms with Crippen LogP contribution in [-0.2, 0) is 10.0 Å². The van der Waals surface area contributed by atoms with E-state index >= 15 is 0 Å². The zero-order valence-electron chi connectivity index (χ0n) is 11.9. The SMILES string of the molecule is CCCCN(C)c1ccc(NS(C)(=O)=O)cc1C(=O)O. The Labute approximate surface area is 119 Å². The number of nitrogens with one attached hydrogen (secondary N) is 1. The highest BCUT2D eigenvalue weighted by Gasteiger charge is 2.15. The van der Waals surface area contributed by atoms with Crippen LogP contribution in [0, 0.1) is 0 Å². The van der Waals surface area contributed by atoms with Crippen LogP contribution in [0.4, 0.5) is 11.4 Å². The van der Waals surface area contributed by atoms with E-state index in [-0.39, 0.29) is 11.3 Å². The number of hydrogen-bond donors (Lipinski definition) is 2. The molecule has 0 aliphatic rings. The lowest BCUT2D eigenvalue weighted by molar-refractivity contribution is 0.0697. The fourth-order valence-corrected chi connectivity index (χ4v) is 2.39. The minimum absolute atomic E-state index is 0.0808. The summed E-state index contributed by atoms with van der Waals surface area (Å²) in [4.78, 5) is 13.2. The highest BCUT2D eigenvalue weighted by molar-refractivity contribution is 7.92. The quantitative estimate of drug-likeness (QED) is 0.804. The average molecular weight is 300 g/mol. The fraction of sp³-hybridized carbons (Fsp3) is 0.462. The van der Waals surface area contributed by atoms with Gasteiger partial charge in [0.2, 0.25) is 10.0 Å². The standard InChI is InChI=1S/C13H20N2O4S/c1-4-5-8-15(2)12-7-6-10(14-20(3,18)19)9-11(12)13(16)17/h6-7,9,14H,4-5,8H2,1-3H3,(H,16,17). The molecule has 0 atom stereocenters. The zero-order valence-corrected chi connectivity index (χ0v) is 12.7. The zero-order chi connectivity index (χ0) is 15.3. The van der Waals surface area contributed by atoms with Gasteiger partial charge in [-0.3, -0.25) is 4.72 Å². The van der Waals surface area contributed by atoms with E-state index in [1.165, 1.54) is 6.07 Å². The molecule has 1 rings (SSSR count). The minimum atomic E-state index is -3.42. The van der Waals surface area contributed by atoms with Gasteiger partial charge in [-0.25, -0.2) is 13.2 Å². The summed E-state index contributed by atoms with van der Waals surface area (Å²) < 4.78 is 24.6. The lowest BCUT2D eigenvalue weighted by Gasteiger charge is -2.21. The highest BCUT2D eigenvalue weighted by Crippen LogP contribution is 2.24. The van der Waals surface area contributed by atoms with Crippen LogP contribution in [0.3, 0.4) is 0 Å². The largest absolute Gasteiger partial charge is 0.478 e. The number of carbonyl (C=O) groups is 1. The first-order valence-electron chi connectivity index (χ1n) is 6.31. The van der Waals surface area contributed by atoms with Crippen molar-refractivity contribution in [1.29, 1.82) is 0 Å². The van der Waals surface area contributed by atoms with E-state index in [0.717, 1.165) is 25.6 Å². The summed E-state index contributed by atoms with van der Waals surface area (Å²) in [5.74, 6) is -1.08. The van der Waals surface area contributed by atoms with Crippen molar-refractivity contribution >= 4 is 27.4 Å². The van der Waals surface area contributed by atoms with Gasteiger partial charge in [0, 0.05) is 19.3 Å². The molecule has 0 spiro atoms. The highest BCUT2D eigenvalue weighted by atomic mass is 32.2. The van der Waals surface area contributed by atoms with Crippen molar-refractivity contribution in [2.75, 3.05) is 29.5 Å². The molecule has 0 saturated carbocycles. The first kappa shape index (κ1) is 16.3. The topological polar surface area (TPSA) is 86.7 Å². The molecule has 6 nitrogen and oxygen atoms in total. The van der Waals surface area contributed by atoms with Gasteiger partial charge >= 0.3 is 5.97 Å². The minimum Gasteiger partial charge on any atom is -0.478 e. The third-order valence-corrected chi connectivity index (χ3v) is 3.40. The van der Waals surface area contributed by atoms with Crippen molar-refractivity contribution in [3.8, 4) is 0 Å². The molecule has 0 saturated heterocycles. The Morgan fingerprint density at radius 3 is 2.55 bits per heavy atom. The number of unbranched alkanes of at least 4 members (excludes halogenated alkanes) is 1. The van der Waals surface area contributed by atoms with Gasteiger partial charge in [-0.2, -0.15) is 0 Å². The van der Waals surface area contributed by atoms with E-state index in [0.29, 0.717) is 5.69 Å². The molecular formula is C13H20N2O4S. The molecule has 1 aromatic carbocycles. The van der Waals surface area contributed by atoms with Crippen LogP contribution >= 0.6 is 0 Å². The number of carboxylic acids is 1. The number of aromatic carboxylic acids is 1. The number of benzene rings is 1. The normalized spacial score (nSPS) is 11.2. The van der Waals surface area contributed by atoms with Crippen LogP contribution in [0.15, 0.2) is 18.2 Å². The molecule has 7 heteroatoms. The molecule has 0 amide bonds. The predicted molar refractivity (Wildman–Crippen MR) is 80.0 cm³/mol. The summed E-state index contributed by atoms with van der Waals surface area (Å²) in [5.41, 5.74) is 0.903. The Kier molecular flexibility index (Phi) is 5.38. The van der Waals surface area contributed by atoms with E-state index < -0.39 is 16.0 Å². The number of rotatable bonds is 7. The Morgan fingerprint density at radius 1 is 1.40 bits per heavy atom. The van der Waals surface area contributed by atoms with Crippen molar-refractivity contribution in [3.05, 3.63) is 23.8 Å². The Hall–Kier alpha value is -1.76. The lowest BCUT2D eigenvalue weighted by atomic mass is 10.1. The van der Waals surface area contributed by atoms with E-state index in [4.69, 9.17) is 0 Å². The van der Waals surface area contributed by atoms with Gasteiger partial charge in [0.15, 0.2) is 0 Å². The number of hydrogen-bond acceptors (Lipinski definition) is 4. The smallest absolute Gasteiger partial charge is 0.337 e. The van der Waals surface area contributed by atoms with Crippen molar-refractivity contribution in [3.63, 3.8) is 0 Å². The van der Waals surface area contributed by atoms with Crippen LogP contribution < -0.4 is 9.62 Å². The maximum absolute atomic E-state index is 11.3. The van der Waals surface area contributed by atoms with E-state index in [9.17, 15) is 18.3 Å². The molecule has 0 unspecified atom stereocenters. The van der Waals surface area contributed by atoms with Gasteiger partial charge in [0.05, 0.1) is 17.5 Å². The molecule has 0 aliphatic carbocycles. The number of nitrogens with zero attached hydrogens (tertiary/aromatic N) is 1. The predicted octanol–water partition coefficient (Wildman–Crippen LogP) is 1.99. The van der Waals surface area contributed by atoms with Crippen LogP contribution in [-0.4, -0.2) is 39.3 Å². The second-order valence-electron chi connectivity index (χ2n) is 4.69. The average Bonchev–Trinajstić information content (AvgIpc) is 2.33. The first-order chi connectivity index (χ1) is 9.24. The molecule has 0 aromatic heterocycles. The van der Waals surface area contributed by atoms with Gasteiger partial charge in [-0.15, -0.1) is 0 Å².